The van der Waals surface area contributed by atoms with Gasteiger partial charge in [-0.1, -0.05) is 24.3 Å². The van der Waals surface area contributed by atoms with Crippen molar-refractivity contribution in [3.8, 4) is 5.75 Å². The Morgan fingerprint density at radius 1 is 1.34 bits per heavy atom. The third-order valence-corrected chi connectivity index (χ3v) is 5.94. The first-order chi connectivity index (χ1) is 13.9. The highest BCUT2D eigenvalue weighted by atomic mass is 32.1. The van der Waals surface area contributed by atoms with E-state index in [9.17, 15) is 9.90 Å². The average molecular weight is 414 g/mol. The lowest BCUT2D eigenvalue weighted by Gasteiger charge is -2.23. The molecular weight excluding hydrogens is 386 g/mol. The molecule has 7 heteroatoms. The van der Waals surface area contributed by atoms with Gasteiger partial charge in [-0.15, -0.1) is 17.9 Å². The third kappa shape index (κ3) is 5.12. The number of nitrogens with one attached hydrogen (secondary N) is 1. The topological polar surface area (TPSA) is 78.5 Å². The van der Waals surface area contributed by atoms with E-state index in [2.05, 4.69) is 16.5 Å². The molecule has 2 N–H and O–H groups in total. The van der Waals surface area contributed by atoms with Gasteiger partial charge in [-0.25, -0.2) is 4.98 Å². The number of hydrogen-bond donors (Lipinski definition) is 2. The highest BCUT2D eigenvalue weighted by Crippen LogP contribution is 2.25. The number of aryl methyl sites for hydroxylation is 3. The molecule has 0 fully saturated rings. The third-order valence-electron chi connectivity index (χ3n) is 4.84. The Balaban J connectivity index is 1.68. The van der Waals surface area contributed by atoms with E-state index in [0.29, 0.717) is 30.8 Å². The summed E-state index contributed by atoms with van der Waals surface area (Å²) in [5, 5.41) is 11.1. The largest absolute Gasteiger partial charge is 0.491 e. The molecule has 0 saturated heterocycles. The van der Waals surface area contributed by atoms with Crippen LogP contribution < -0.4 is 10.3 Å². The van der Waals surface area contributed by atoms with Crippen molar-refractivity contribution in [3.05, 3.63) is 69.1 Å². The lowest BCUT2D eigenvalue weighted by Crippen LogP contribution is -2.36. The maximum atomic E-state index is 12.5. The van der Waals surface area contributed by atoms with Gasteiger partial charge in [0, 0.05) is 18.0 Å². The summed E-state index contributed by atoms with van der Waals surface area (Å²) in [5.74, 6) is 1.35. The fourth-order valence-electron chi connectivity index (χ4n) is 3.23. The van der Waals surface area contributed by atoms with Gasteiger partial charge in [0.05, 0.1) is 11.9 Å². The van der Waals surface area contributed by atoms with E-state index in [0.717, 1.165) is 26.6 Å². The minimum atomic E-state index is -0.684. The number of aromatic nitrogens is 2. The summed E-state index contributed by atoms with van der Waals surface area (Å²) in [4.78, 5) is 23.8. The number of aliphatic hydroxyl groups is 1. The van der Waals surface area contributed by atoms with Crippen LogP contribution in [0.3, 0.4) is 0 Å². The van der Waals surface area contributed by atoms with Crippen molar-refractivity contribution in [2.75, 3.05) is 19.7 Å². The molecule has 0 aliphatic rings. The summed E-state index contributed by atoms with van der Waals surface area (Å²) < 4.78 is 5.75. The molecule has 3 aromatic rings. The van der Waals surface area contributed by atoms with E-state index in [1.165, 1.54) is 11.3 Å². The van der Waals surface area contributed by atoms with Crippen LogP contribution in [-0.4, -0.2) is 45.8 Å². The molecule has 6 nitrogen and oxygen atoms in total. The molecule has 2 aromatic heterocycles. The van der Waals surface area contributed by atoms with Gasteiger partial charge in [0.2, 0.25) is 0 Å². The first kappa shape index (κ1) is 21.2. The Morgan fingerprint density at radius 3 is 2.83 bits per heavy atom. The molecule has 2 heterocycles. The zero-order valence-corrected chi connectivity index (χ0v) is 17.9. The van der Waals surface area contributed by atoms with E-state index >= 15 is 0 Å². The number of nitrogens with zero attached hydrogens (tertiary/aromatic N) is 2. The van der Waals surface area contributed by atoms with Gasteiger partial charge in [0.1, 0.15) is 29.1 Å². The van der Waals surface area contributed by atoms with Gasteiger partial charge in [0.25, 0.3) is 5.56 Å². The zero-order chi connectivity index (χ0) is 21.0. The predicted molar refractivity (Wildman–Crippen MR) is 118 cm³/mol. The summed E-state index contributed by atoms with van der Waals surface area (Å²) in [6, 6.07) is 7.72. The first-order valence-electron chi connectivity index (χ1n) is 9.57. The molecule has 3 rings (SSSR count). The van der Waals surface area contributed by atoms with E-state index in [4.69, 9.17) is 4.74 Å². The van der Waals surface area contributed by atoms with E-state index in [-0.39, 0.29) is 12.2 Å². The minimum absolute atomic E-state index is 0.117. The summed E-state index contributed by atoms with van der Waals surface area (Å²) in [6.07, 6.45) is 1.08. The number of ether oxygens (including phenoxy) is 1. The number of aliphatic hydroxyl groups excluding tert-OH is 1. The van der Waals surface area contributed by atoms with E-state index in [1.54, 1.807) is 6.08 Å². The summed E-state index contributed by atoms with van der Waals surface area (Å²) in [5.41, 5.74) is 1.89. The molecule has 0 amide bonds. The van der Waals surface area contributed by atoms with E-state index in [1.807, 2.05) is 49.9 Å². The first-order valence-corrected chi connectivity index (χ1v) is 10.4. The van der Waals surface area contributed by atoms with Gasteiger partial charge in [-0.05, 0) is 38.0 Å². The molecule has 1 atom stereocenters. The van der Waals surface area contributed by atoms with Crippen molar-refractivity contribution >= 4 is 21.6 Å². The number of hydrogen-bond acceptors (Lipinski definition) is 6. The summed E-state index contributed by atoms with van der Waals surface area (Å²) in [7, 11) is 0. The Morgan fingerprint density at radius 2 is 2.10 bits per heavy atom. The van der Waals surface area contributed by atoms with Gasteiger partial charge in [-0.2, -0.15) is 0 Å². The molecule has 29 heavy (non-hydrogen) atoms. The molecule has 0 saturated carbocycles. The quantitative estimate of drug-likeness (QED) is 0.526. The second-order valence-corrected chi connectivity index (χ2v) is 8.39. The monoisotopic (exact) mass is 413 g/mol. The number of aromatic amines is 1. The molecule has 1 aromatic carbocycles. The van der Waals surface area contributed by atoms with Crippen LogP contribution in [0, 0.1) is 20.8 Å². The highest BCUT2D eigenvalue weighted by Gasteiger charge is 2.16. The molecule has 0 bridgehead atoms. The van der Waals surface area contributed by atoms with Gasteiger partial charge < -0.3 is 14.8 Å². The van der Waals surface area contributed by atoms with Crippen molar-refractivity contribution < 1.29 is 9.84 Å². The van der Waals surface area contributed by atoms with Crippen molar-refractivity contribution in [2.45, 2.75) is 33.4 Å². The molecule has 0 aliphatic carbocycles. The lowest BCUT2D eigenvalue weighted by atomic mass is 10.2. The highest BCUT2D eigenvalue weighted by molar-refractivity contribution is 7.18. The molecule has 0 aliphatic heterocycles. The van der Waals surface area contributed by atoms with Crippen LogP contribution in [0.1, 0.15) is 21.8 Å². The van der Waals surface area contributed by atoms with Gasteiger partial charge in [0.15, 0.2) is 0 Å². The van der Waals surface area contributed by atoms with Crippen molar-refractivity contribution in [3.63, 3.8) is 0 Å². The Kier molecular flexibility index (Phi) is 6.84. The molecule has 0 unspecified atom stereocenters. The molecular formula is C22H27N3O3S. The number of thiophene rings is 1. The number of benzene rings is 1. The lowest BCUT2D eigenvalue weighted by molar-refractivity contribution is 0.0686. The van der Waals surface area contributed by atoms with Crippen LogP contribution in [0.2, 0.25) is 0 Å². The number of para-hydroxylation sites is 1. The normalized spacial score (nSPS) is 12.4. The van der Waals surface area contributed by atoms with Crippen LogP contribution in [-0.2, 0) is 6.54 Å². The SMILES string of the molecule is C=CCN(Cc1nc2sc(C)c(C)c2c(=O)[nH]1)C[C@H](O)COc1ccccc1C. The summed E-state index contributed by atoms with van der Waals surface area (Å²) in [6.45, 7) is 11.2. The van der Waals surface area contributed by atoms with Crippen LogP contribution in [0.15, 0.2) is 41.7 Å². The summed E-state index contributed by atoms with van der Waals surface area (Å²) >= 11 is 1.53. The Labute approximate surface area is 174 Å². The van der Waals surface area contributed by atoms with Crippen LogP contribution >= 0.6 is 11.3 Å². The predicted octanol–water partition coefficient (Wildman–Crippen LogP) is 3.34. The van der Waals surface area contributed by atoms with Crippen molar-refractivity contribution in [1.29, 1.82) is 0 Å². The Hall–Kier alpha value is -2.48. The number of fused-ring (bicyclic) bond motifs is 1. The smallest absolute Gasteiger partial charge is 0.259 e. The molecule has 154 valence electrons. The standard InChI is InChI=1S/C22H27N3O3S/c1-5-10-25(11-17(26)13-28-18-9-7-6-8-14(18)2)12-19-23-21(27)20-15(3)16(4)29-22(20)24-19/h5-9,17,26H,1,10-13H2,2-4H3,(H,23,24,27)/t17-/m0/s1. The second-order valence-electron chi connectivity index (χ2n) is 7.19. The number of H-pyrrole nitrogens is 1. The maximum absolute atomic E-state index is 12.5. The fraction of sp³-hybridized carbons (Fsp3) is 0.364. The molecule has 0 radical (unpaired) electrons. The zero-order valence-electron chi connectivity index (χ0n) is 17.1. The fourth-order valence-corrected chi connectivity index (χ4v) is 4.28. The average Bonchev–Trinajstić information content (AvgIpc) is 2.95. The van der Waals surface area contributed by atoms with Crippen molar-refractivity contribution in [1.82, 2.24) is 14.9 Å². The van der Waals surface area contributed by atoms with Crippen LogP contribution in [0.4, 0.5) is 0 Å². The molecule has 0 spiro atoms. The van der Waals surface area contributed by atoms with Gasteiger partial charge >= 0.3 is 0 Å². The maximum Gasteiger partial charge on any atom is 0.259 e. The van der Waals surface area contributed by atoms with E-state index < -0.39 is 6.10 Å². The number of rotatable bonds is 9. The van der Waals surface area contributed by atoms with Crippen molar-refractivity contribution in [2.24, 2.45) is 0 Å². The minimum Gasteiger partial charge on any atom is -0.491 e. The van der Waals surface area contributed by atoms with Crippen LogP contribution in [0.5, 0.6) is 5.75 Å². The van der Waals surface area contributed by atoms with Gasteiger partial charge in [-0.3, -0.25) is 9.69 Å². The Bertz CT molecular complexity index is 1060. The van der Waals surface area contributed by atoms with Crippen LogP contribution in [0.25, 0.3) is 10.2 Å². The second kappa shape index (κ2) is 9.35.